The van der Waals surface area contributed by atoms with Crippen molar-refractivity contribution in [1.82, 2.24) is 0 Å². The molecule has 0 saturated heterocycles. The van der Waals surface area contributed by atoms with Gasteiger partial charge in [0, 0.05) is 37.1 Å². The van der Waals surface area contributed by atoms with Crippen LogP contribution in [0.4, 0.5) is 17.1 Å². The number of nitrogens with zero attached hydrogens (tertiary/aromatic N) is 1. The fourth-order valence-electron chi connectivity index (χ4n) is 12.4. The van der Waals surface area contributed by atoms with E-state index in [0.717, 1.165) is 17.1 Å². The second kappa shape index (κ2) is 16.0. The second-order valence-electron chi connectivity index (χ2n) is 18.7. The molecule has 0 radical (unpaired) electrons. The molecule has 0 saturated carbocycles. The molecule has 0 spiro atoms. The fraction of sp³-hybridized carbons (Fsp3) is 0.0294. The molecule has 70 heavy (non-hydrogen) atoms. The third kappa shape index (κ3) is 5.84. The Kier molecular flexibility index (Phi) is 9.27. The first-order valence-electron chi connectivity index (χ1n) is 24.2. The standard InChI is InChI=1S/C68H45NS/c1-5-21-47(22-6-1)67(48-23-7-2-8-24-48)60-33-17-13-30-54(60)56-40-38-51(44-62(56)67)69(64-35-19-15-29-53(64)46-37-42-66-59(43-46)58-32-16-20-36-65(58)70-66)52-39-41-57-55-31-14-18-34-61(55)68(63(57)45-52,49-25-9-3-10-26-49)50-27-11-4-12-28-50/h1-45H. The molecule has 2 heteroatoms. The average molecular weight is 908 g/mol. The predicted molar refractivity (Wildman–Crippen MR) is 294 cm³/mol. The molecule has 12 aromatic rings. The Morgan fingerprint density at radius 3 is 1.19 bits per heavy atom. The summed E-state index contributed by atoms with van der Waals surface area (Å²) in [7, 11) is 0. The summed E-state index contributed by atoms with van der Waals surface area (Å²) in [5.41, 5.74) is 19.7. The average Bonchev–Trinajstić information content (AvgIpc) is 4.06. The van der Waals surface area contributed by atoms with Gasteiger partial charge in [-0.3, -0.25) is 0 Å². The Morgan fingerprint density at radius 1 is 0.271 bits per heavy atom. The number of hydrogen-bond acceptors (Lipinski definition) is 2. The molecule has 0 amide bonds. The maximum atomic E-state index is 2.54. The van der Waals surface area contributed by atoms with Crippen molar-refractivity contribution in [2.75, 3.05) is 4.90 Å². The molecule has 1 heterocycles. The number of rotatable bonds is 8. The largest absolute Gasteiger partial charge is 0.310 e. The highest BCUT2D eigenvalue weighted by molar-refractivity contribution is 7.25. The van der Waals surface area contributed by atoms with Crippen molar-refractivity contribution in [1.29, 1.82) is 0 Å². The Labute approximate surface area is 412 Å². The van der Waals surface area contributed by atoms with Crippen LogP contribution in [0.1, 0.15) is 44.5 Å². The Hall–Kier alpha value is -8.56. The summed E-state index contributed by atoms with van der Waals surface area (Å²) in [6.45, 7) is 0. The third-order valence-electron chi connectivity index (χ3n) is 15.2. The maximum absolute atomic E-state index is 2.54. The molecule has 2 aliphatic rings. The number of fused-ring (bicyclic) bond motifs is 9. The van der Waals surface area contributed by atoms with E-state index < -0.39 is 10.8 Å². The smallest absolute Gasteiger partial charge is 0.0714 e. The molecule has 0 aliphatic heterocycles. The molecule has 328 valence electrons. The third-order valence-corrected chi connectivity index (χ3v) is 16.4. The van der Waals surface area contributed by atoms with Gasteiger partial charge in [-0.2, -0.15) is 0 Å². The lowest BCUT2D eigenvalue weighted by atomic mass is 9.67. The Bertz CT molecular complexity index is 3690. The summed E-state index contributed by atoms with van der Waals surface area (Å²) in [5.74, 6) is 0. The highest BCUT2D eigenvalue weighted by atomic mass is 32.1. The highest BCUT2D eigenvalue weighted by Gasteiger charge is 2.48. The predicted octanol–water partition coefficient (Wildman–Crippen LogP) is 17.9. The van der Waals surface area contributed by atoms with Crippen LogP contribution in [0.15, 0.2) is 273 Å². The van der Waals surface area contributed by atoms with Crippen LogP contribution in [0.2, 0.25) is 0 Å². The first-order chi connectivity index (χ1) is 34.7. The van der Waals surface area contributed by atoms with E-state index in [0.29, 0.717) is 0 Å². The van der Waals surface area contributed by atoms with Gasteiger partial charge in [0.15, 0.2) is 0 Å². The summed E-state index contributed by atoms with van der Waals surface area (Å²) >= 11 is 1.86. The lowest BCUT2D eigenvalue weighted by Gasteiger charge is -2.36. The summed E-state index contributed by atoms with van der Waals surface area (Å²) in [6.07, 6.45) is 0. The van der Waals surface area contributed by atoms with E-state index in [1.165, 1.54) is 98.1 Å². The number of hydrogen-bond donors (Lipinski definition) is 0. The molecule has 0 N–H and O–H groups in total. The van der Waals surface area contributed by atoms with Gasteiger partial charge in [0.2, 0.25) is 0 Å². The molecule has 1 aromatic heterocycles. The Morgan fingerprint density at radius 2 is 0.671 bits per heavy atom. The van der Waals surface area contributed by atoms with Crippen LogP contribution < -0.4 is 4.90 Å². The van der Waals surface area contributed by atoms with Crippen molar-refractivity contribution in [2.24, 2.45) is 0 Å². The van der Waals surface area contributed by atoms with E-state index in [-0.39, 0.29) is 0 Å². The minimum absolute atomic E-state index is 0.559. The maximum Gasteiger partial charge on any atom is 0.0714 e. The first kappa shape index (κ1) is 40.5. The normalized spacial score (nSPS) is 13.7. The van der Waals surface area contributed by atoms with Gasteiger partial charge in [-0.1, -0.05) is 224 Å². The topological polar surface area (TPSA) is 3.24 Å². The summed E-state index contributed by atoms with van der Waals surface area (Å²) in [6, 6.07) is 102. The second-order valence-corrected chi connectivity index (χ2v) is 19.8. The van der Waals surface area contributed by atoms with Crippen molar-refractivity contribution in [3.05, 3.63) is 317 Å². The quantitative estimate of drug-likeness (QED) is 0.147. The lowest BCUT2D eigenvalue weighted by molar-refractivity contribution is 0.767. The van der Waals surface area contributed by atoms with Crippen molar-refractivity contribution >= 4 is 48.6 Å². The molecule has 0 fully saturated rings. The number of anilines is 3. The number of benzene rings is 11. The van der Waals surface area contributed by atoms with Gasteiger partial charge in [0.25, 0.3) is 0 Å². The summed E-state index contributed by atoms with van der Waals surface area (Å²) in [4.78, 5) is 2.54. The molecule has 1 nitrogen and oxygen atoms in total. The zero-order valence-corrected chi connectivity index (χ0v) is 39.2. The molecule has 0 bridgehead atoms. The van der Waals surface area contributed by atoms with Gasteiger partial charge in [0.1, 0.15) is 0 Å². The van der Waals surface area contributed by atoms with Crippen molar-refractivity contribution < 1.29 is 0 Å². The number of thiophene rings is 1. The summed E-state index contributed by atoms with van der Waals surface area (Å²) < 4.78 is 2.61. The van der Waals surface area contributed by atoms with Gasteiger partial charge >= 0.3 is 0 Å². The van der Waals surface area contributed by atoms with Gasteiger partial charge in [0.05, 0.1) is 16.5 Å². The minimum atomic E-state index is -0.559. The lowest BCUT2D eigenvalue weighted by Crippen LogP contribution is -2.29. The fourth-order valence-corrected chi connectivity index (χ4v) is 13.5. The van der Waals surface area contributed by atoms with Gasteiger partial charge in [-0.05, 0) is 121 Å². The van der Waals surface area contributed by atoms with Crippen LogP contribution in [-0.2, 0) is 10.8 Å². The molecular formula is C68H45NS. The molecule has 14 rings (SSSR count). The first-order valence-corrected chi connectivity index (χ1v) is 25.1. The van der Waals surface area contributed by atoms with Crippen molar-refractivity contribution in [3.63, 3.8) is 0 Å². The van der Waals surface area contributed by atoms with E-state index in [1.807, 2.05) is 11.3 Å². The van der Waals surface area contributed by atoms with Crippen LogP contribution in [0.25, 0.3) is 53.6 Å². The zero-order valence-electron chi connectivity index (χ0n) is 38.3. The summed E-state index contributed by atoms with van der Waals surface area (Å²) in [5, 5.41) is 2.59. The van der Waals surface area contributed by atoms with Crippen LogP contribution >= 0.6 is 11.3 Å². The SMILES string of the molecule is c1ccc(C2(c3ccccc3)c3ccccc3-c3ccc(N(c4ccc5c(c4)C(c4ccccc4)(c4ccccc4)c4ccccc4-5)c4ccccc4-c4ccc5sc6ccccc6c5c4)cc32)cc1. The monoisotopic (exact) mass is 907 g/mol. The van der Waals surface area contributed by atoms with Crippen LogP contribution in [0.3, 0.4) is 0 Å². The van der Waals surface area contributed by atoms with Gasteiger partial charge in [-0.15, -0.1) is 11.3 Å². The van der Waals surface area contributed by atoms with E-state index >= 15 is 0 Å². The molecule has 2 aliphatic carbocycles. The van der Waals surface area contributed by atoms with Crippen molar-refractivity contribution in [3.8, 4) is 33.4 Å². The number of para-hydroxylation sites is 1. The minimum Gasteiger partial charge on any atom is -0.310 e. The molecular weight excluding hydrogens is 863 g/mol. The van der Waals surface area contributed by atoms with Gasteiger partial charge in [-0.25, -0.2) is 0 Å². The van der Waals surface area contributed by atoms with E-state index in [1.54, 1.807) is 0 Å². The van der Waals surface area contributed by atoms with Crippen LogP contribution in [0, 0.1) is 0 Å². The molecule has 0 atom stereocenters. The Balaban J connectivity index is 1.07. The van der Waals surface area contributed by atoms with Gasteiger partial charge < -0.3 is 4.90 Å². The van der Waals surface area contributed by atoms with E-state index in [9.17, 15) is 0 Å². The highest BCUT2D eigenvalue weighted by Crippen LogP contribution is 2.60. The van der Waals surface area contributed by atoms with Crippen molar-refractivity contribution in [2.45, 2.75) is 10.8 Å². The van der Waals surface area contributed by atoms with Crippen LogP contribution in [0.5, 0.6) is 0 Å². The van der Waals surface area contributed by atoms with E-state index in [4.69, 9.17) is 0 Å². The van der Waals surface area contributed by atoms with Crippen LogP contribution in [-0.4, -0.2) is 0 Å². The molecule has 0 unspecified atom stereocenters. The molecule has 11 aromatic carbocycles. The zero-order chi connectivity index (χ0) is 46.2. The van der Waals surface area contributed by atoms with E-state index in [2.05, 4.69) is 278 Å².